The molecule has 2 aliphatic heterocycles. The van der Waals surface area contributed by atoms with Gasteiger partial charge < -0.3 is 15.5 Å². The van der Waals surface area contributed by atoms with Crippen molar-refractivity contribution in [3.05, 3.63) is 65.4 Å². The minimum absolute atomic E-state index is 0.222. The number of nitrogens with one attached hydrogen (secondary N) is 2. The molecule has 0 spiro atoms. The van der Waals surface area contributed by atoms with Crippen molar-refractivity contribution in [1.29, 1.82) is 0 Å². The van der Waals surface area contributed by atoms with Crippen molar-refractivity contribution in [1.82, 2.24) is 15.5 Å². The highest BCUT2D eigenvalue weighted by Crippen LogP contribution is 2.33. The van der Waals surface area contributed by atoms with Gasteiger partial charge in [-0.15, -0.1) is 0 Å². The Hall–Kier alpha value is -2.40. The highest BCUT2D eigenvalue weighted by atomic mass is 19.1. The van der Waals surface area contributed by atoms with Crippen LogP contribution in [-0.2, 0) is 0 Å². The third-order valence-corrected chi connectivity index (χ3v) is 4.52. The Balaban J connectivity index is 1.98. The third-order valence-electron chi connectivity index (χ3n) is 4.52. The summed E-state index contributed by atoms with van der Waals surface area (Å²) in [5.74, 6) is 0.555. The zero-order chi connectivity index (χ0) is 17.6. The normalized spacial score (nSPS) is 19.9. The number of halogens is 1. The maximum absolute atomic E-state index is 14.4. The van der Waals surface area contributed by atoms with Crippen LogP contribution in [0.4, 0.5) is 4.39 Å². The van der Waals surface area contributed by atoms with Crippen LogP contribution in [0.1, 0.15) is 25.8 Å². The van der Waals surface area contributed by atoms with Gasteiger partial charge in [0.2, 0.25) is 0 Å². The maximum atomic E-state index is 14.4. The van der Waals surface area contributed by atoms with E-state index in [1.807, 2.05) is 24.4 Å². The van der Waals surface area contributed by atoms with Crippen LogP contribution in [0.25, 0.3) is 5.57 Å². The van der Waals surface area contributed by atoms with Crippen LogP contribution < -0.4 is 10.6 Å². The predicted molar refractivity (Wildman–Crippen MR) is 102 cm³/mol. The molecule has 132 valence electrons. The van der Waals surface area contributed by atoms with Gasteiger partial charge in [-0.1, -0.05) is 31.2 Å². The summed E-state index contributed by atoms with van der Waals surface area (Å²) in [4.78, 5) is 6.87. The van der Waals surface area contributed by atoms with E-state index in [1.165, 1.54) is 6.07 Å². The van der Waals surface area contributed by atoms with Gasteiger partial charge in [0, 0.05) is 54.8 Å². The molecule has 0 aliphatic carbocycles. The fourth-order valence-electron chi connectivity index (χ4n) is 3.16. The molecule has 0 amide bonds. The van der Waals surface area contributed by atoms with Crippen LogP contribution >= 0.6 is 0 Å². The summed E-state index contributed by atoms with van der Waals surface area (Å²) in [5, 5.41) is 6.64. The van der Waals surface area contributed by atoms with E-state index in [4.69, 9.17) is 0 Å². The smallest absolute Gasteiger partial charge is 0.139 e. The molecule has 2 heterocycles. The van der Waals surface area contributed by atoms with Gasteiger partial charge in [0.25, 0.3) is 0 Å². The molecule has 3 rings (SSSR count). The summed E-state index contributed by atoms with van der Waals surface area (Å²) in [5.41, 5.74) is 3.53. The minimum atomic E-state index is -0.222. The summed E-state index contributed by atoms with van der Waals surface area (Å²) in [6, 6.07) is 6.88. The van der Waals surface area contributed by atoms with Crippen molar-refractivity contribution in [2.75, 3.05) is 26.2 Å². The molecular formula is C20H25FN4. The number of allylic oxidation sites excluding steroid dienone is 2. The molecule has 2 aliphatic rings. The van der Waals surface area contributed by atoms with E-state index in [1.54, 1.807) is 12.3 Å². The van der Waals surface area contributed by atoms with Crippen LogP contribution in [0.3, 0.4) is 0 Å². The van der Waals surface area contributed by atoms with E-state index >= 15 is 0 Å². The van der Waals surface area contributed by atoms with Crippen LogP contribution in [-0.4, -0.2) is 36.9 Å². The zero-order valence-corrected chi connectivity index (χ0v) is 14.8. The molecule has 1 saturated heterocycles. The lowest BCUT2D eigenvalue weighted by Gasteiger charge is -2.32. The number of rotatable bonds is 4. The first kappa shape index (κ1) is 17.4. The van der Waals surface area contributed by atoms with Crippen LogP contribution in [0.5, 0.6) is 0 Å². The van der Waals surface area contributed by atoms with E-state index in [9.17, 15) is 4.39 Å². The fraction of sp³-hybridized carbons (Fsp3) is 0.350. The van der Waals surface area contributed by atoms with Crippen molar-refractivity contribution >= 4 is 11.4 Å². The Bertz CT molecular complexity index is 740. The van der Waals surface area contributed by atoms with E-state index < -0.39 is 0 Å². The van der Waals surface area contributed by atoms with E-state index in [2.05, 4.69) is 34.4 Å². The van der Waals surface area contributed by atoms with Crippen molar-refractivity contribution in [2.24, 2.45) is 4.99 Å². The number of piperazine rings is 1. The quantitative estimate of drug-likeness (QED) is 0.884. The number of hydrogen-bond acceptors (Lipinski definition) is 4. The van der Waals surface area contributed by atoms with Crippen LogP contribution in [0.2, 0.25) is 0 Å². The minimum Gasteiger partial charge on any atom is -0.372 e. The standard InChI is InChI=1S/C20H25FN4/c1-3-4-9-23-20-19(15(2)25-12-10-22-11-13-25)17(14-24-20)16-7-5-6-8-18(16)21/h4-9,14,22H,3,10-13H2,1-2H3,(H,23,24)/b9-4+,19-15+. The Morgan fingerprint density at radius 1 is 1.32 bits per heavy atom. The summed E-state index contributed by atoms with van der Waals surface area (Å²) in [6.45, 7) is 7.98. The average molecular weight is 340 g/mol. The molecule has 0 unspecified atom stereocenters. The molecular weight excluding hydrogens is 315 g/mol. The molecule has 4 nitrogen and oxygen atoms in total. The zero-order valence-electron chi connectivity index (χ0n) is 14.8. The molecule has 5 heteroatoms. The predicted octanol–water partition coefficient (Wildman–Crippen LogP) is 3.27. The lowest BCUT2D eigenvalue weighted by Crippen LogP contribution is -2.43. The molecule has 1 aromatic rings. The number of hydrogen-bond donors (Lipinski definition) is 2. The molecule has 2 N–H and O–H groups in total. The van der Waals surface area contributed by atoms with Crippen molar-refractivity contribution in [2.45, 2.75) is 20.3 Å². The summed E-state index contributed by atoms with van der Waals surface area (Å²) in [6.07, 6.45) is 6.66. The Morgan fingerprint density at radius 2 is 2.08 bits per heavy atom. The van der Waals surface area contributed by atoms with Gasteiger partial charge in [0.1, 0.15) is 11.7 Å². The van der Waals surface area contributed by atoms with Gasteiger partial charge in [-0.2, -0.15) is 0 Å². The number of benzene rings is 1. The molecule has 0 atom stereocenters. The molecule has 25 heavy (non-hydrogen) atoms. The van der Waals surface area contributed by atoms with Crippen molar-refractivity contribution in [3.63, 3.8) is 0 Å². The van der Waals surface area contributed by atoms with Crippen molar-refractivity contribution in [3.8, 4) is 0 Å². The van der Waals surface area contributed by atoms with Gasteiger partial charge in [0.05, 0.1) is 0 Å². The monoisotopic (exact) mass is 340 g/mol. The van der Waals surface area contributed by atoms with Gasteiger partial charge >= 0.3 is 0 Å². The lowest BCUT2D eigenvalue weighted by molar-refractivity contribution is 0.299. The molecule has 1 fully saturated rings. The maximum Gasteiger partial charge on any atom is 0.139 e. The Kier molecular flexibility index (Phi) is 5.66. The molecule has 1 aromatic carbocycles. The van der Waals surface area contributed by atoms with Crippen LogP contribution in [0.15, 0.2) is 59.0 Å². The average Bonchev–Trinajstić information content (AvgIpc) is 3.06. The third kappa shape index (κ3) is 3.82. The van der Waals surface area contributed by atoms with E-state index in [-0.39, 0.29) is 5.82 Å². The fourth-order valence-corrected chi connectivity index (χ4v) is 3.16. The second kappa shape index (κ2) is 8.12. The van der Waals surface area contributed by atoms with Crippen molar-refractivity contribution < 1.29 is 4.39 Å². The van der Waals surface area contributed by atoms with E-state index in [0.29, 0.717) is 5.56 Å². The van der Waals surface area contributed by atoms with E-state index in [0.717, 1.165) is 55.3 Å². The summed E-state index contributed by atoms with van der Waals surface area (Å²) in [7, 11) is 0. The Labute approximate surface area is 148 Å². The highest BCUT2D eigenvalue weighted by molar-refractivity contribution is 6.16. The first-order valence-corrected chi connectivity index (χ1v) is 8.84. The van der Waals surface area contributed by atoms with Crippen LogP contribution in [0, 0.1) is 5.82 Å². The summed E-state index contributed by atoms with van der Waals surface area (Å²) >= 11 is 0. The first-order chi connectivity index (χ1) is 12.2. The topological polar surface area (TPSA) is 39.7 Å². The Morgan fingerprint density at radius 3 is 2.80 bits per heavy atom. The highest BCUT2D eigenvalue weighted by Gasteiger charge is 2.25. The second-order valence-electron chi connectivity index (χ2n) is 6.15. The number of amidine groups is 1. The summed E-state index contributed by atoms with van der Waals surface area (Å²) < 4.78 is 14.4. The van der Waals surface area contributed by atoms with Gasteiger partial charge in [-0.3, -0.25) is 0 Å². The van der Waals surface area contributed by atoms with Gasteiger partial charge in [-0.25, -0.2) is 9.38 Å². The first-order valence-electron chi connectivity index (χ1n) is 8.84. The SMILES string of the molecule is CC/C=C/NC1=NC=C(c2ccccc2F)/C1=C(/C)N1CCNCC1. The second-order valence-corrected chi connectivity index (χ2v) is 6.15. The largest absolute Gasteiger partial charge is 0.372 e. The lowest BCUT2D eigenvalue weighted by atomic mass is 9.96. The molecule has 0 aromatic heterocycles. The number of aliphatic imine (C=N–C) groups is 1. The molecule has 0 saturated carbocycles. The number of nitrogens with zero attached hydrogens (tertiary/aromatic N) is 2. The molecule has 0 bridgehead atoms. The molecule has 0 radical (unpaired) electrons. The van der Waals surface area contributed by atoms with Gasteiger partial charge in [-0.05, 0) is 25.6 Å². The van der Waals surface area contributed by atoms with Gasteiger partial charge in [0.15, 0.2) is 0 Å².